The van der Waals surface area contributed by atoms with Crippen molar-refractivity contribution in [1.29, 1.82) is 0 Å². The standard InChI is InChI=1S/C20H27N3/c1-2-19(21)23-14-13-22-15-18(23)20(16-9-5-3-6-10-16)17-11-7-4-8-12-17/h3-12,18-20,22H,2,13-15,21H2,1H3. The Kier molecular flexibility index (Phi) is 5.44. The highest BCUT2D eigenvalue weighted by atomic mass is 15.3. The van der Waals surface area contributed by atoms with Crippen molar-refractivity contribution in [2.45, 2.75) is 31.5 Å². The van der Waals surface area contributed by atoms with E-state index in [1.807, 2.05) is 0 Å². The summed E-state index contributed by atoms with van der Waals surface area (Å²) in [6.07, 6.45) is 1.10. The summed E-state index contributed by atoms with van der Waals surface area (Å²) in [4.78, 5) is 2.49. The van der Waals surface area contributed by atoms with E-state index in [0.717, 1.165) is 26.1 Å². The van der Waals surface area contributed by atoms with E-state index >= 15 is 0 Å². The maximum atomic E-state index is 6.43. The van der Waals surface area contributed by atoms with Crippen LogP contribution < -0.4 is 11.1 Å². The summed E-state index contributed by atoms with van der Waals surface area (Å²) in [6, 6.07) is 22.0. The Labute approximate surface area is 139 Å². The summed E-state index contributed by atoms with van der Waals surface area (Å²) in [6.45, 7) is 5.17. The molecular weight excluding hydrogens is 282 g/mol. The van der Waals surface area contributed by atoms with E-state index in [1.54, 1.807) is 0 Å². The molecule has 1 saturated heterocycles. The van der Waals surface area contributed by atoms with Crippen molar-refractivity contribution in [2.24, 2.45) is 5.73 Å². The lowest BCUT2D eigenvalue weighted by Gasteiger charge is -2.44. The molecule has 3 N–H and O–H groups in total. The molecule has 2 unspecified atom stereocenters. The highest BCUT2D eigenvalue weighted by Crippen LogP contribution is 2.32. The summed E-state index contributed by atoms with van der Waals surface area (Å²) in [5.74, 6) is 0.336. The molecule has 0 saturated carbocycles. The van der Waals surface area contributed by atoms with Gasteiger partial charge in [0.1, 0.15) is 0 Å². The maximum Gasteiger partial charge on any atom is 0.0573 e. The van der Waals surface area contributed by atoms with Crippen molar-refractivity contribution in [3.63, 3.8) is 0 Å². The predicted octanol–water partition coefficient (Wildman–Crippen LogP) is 2.79. The summed E-state index contributed by atoms with van der Waals surface area (Å²) < 4.78 is 0. The largest absolute Gasteiger partial charge is 0.316 e. The van der Waals surface area contributed by atoms with E-state index in [-0.39, 0.29) is 6.17 Å². The Bertz CT molecular complexity index is 545. The van der Waals surface area contributed by atoms with Gasteiger partial charge in [-0.3, -0.25) is 4.90 Å². The van der Waals surface area contributed by atoms with Crippen molar-refractivity contribution >= 4 is 0 Å². The zero-order valence-corrected chi connectivity index (χ0v) is 13.9. The third kappa shape index (κ3) is 3.63. The monoisotopic (exact) mass is 309 g/mol. The van der Waals surface area contributed by atoms with Crippen LogP contribution in [0.4, 0.5) is 0 Å². The second kappa shape index (κ2) is 7.73. The minimum absolute atomic E-state index is 0.122. The van der Waals surface area contributed by atoms with Crippen molar-refractivity contribution in [3.05, 3.63) is 71.8 Å². The molecule has 0 amide bonds. The number of hydrogen-bond donors (Lipinski definition) is 2. The molecule has 2 aromatic carbocycles. The molecule has 23 heavy (non-hydrogen) atoms. The number of rotatable bonds is 5. The highest BCUT2D eigenvalue weighted by Gasteiger charge is 2.34. The smallest absolute Gasteiger partial charge is 0.0573 e. The third-order valence-electron chi connectivity index (χ3n) is 4.87. The molecule has 2 aromatic rings. The van der Waals surface area contributed by atoms with Gasteiger partial charge in [0.05, 0.1) is 6.17 Å². The first-order chi connectivity index (χ1) is 11.3. The zero-order valence-electron chi connectivity index (χ0n) is 13.9. The van der Waals surface area contributed by atoms with E-state index in [9.17, 15) is 0 Å². The average molecular weight is 309 g/mol. The highest BCUT2D eigenvalue weighted by molar-refractivity contribution is 5.34. The normalized spacial score (nSPS) is 20.6. The van der Waals surface area contributed by atoms with Crippen LogP contribution in [0.25, 0.3) is 0 Å². The molecule has 3 nitrogen and oxygen atoms in total. The van der Waals surface area contributed by atoms with E-state index in [0.29, 0.717) is 12.0 Å². The predicted molar refractivity (Wildman–Crippen MR) is 96.4 cm³/mol. The molecule has 0 aromatic heterocycles. The van der Waals surface area contributed by atoms with Crippen LogP contribution in [0.15, 0.2) is 60.7 Å². The summed E-state index contributed by atoms with van der Waals surface area (Å²) in [5.41, 5.74) is 9.15. The first kappa shape index (κ1) is 16.2. The average Bonchev–Trinajstić information content (AvgIpc) is 2.63. The van der Waals surface area contributed by atoms with Gasteiger partial charge in [-0.1, -0.05) is 67.6 Å². The van der Waals surface area contributed by atoms with Gasteiger partial charge in [-0.15, -0.1) is 0 Å². The topological polar surface area (TPSA) is 41.3 Å². The van der Waals surface area contributed by atoms with E-state index in [4.69, 9.17) is 5.73 Å². The lowest BCUT2D eigenvalue weighted by atomic mass is 9.83. The maximum absolute atomic E-state index is 6.43. The number of nitrogens with zero attached hydrogens (tertiary/aromatic N) is 1. The van der Waals surface area contributed by atoms with Gasteiger partial charge in [-0.25, -0.2) is 0 Å². The molecule has 122 valence electrons. The Morgan fingerprint density at radius 1 is 1.04 bits per heavy atom. The van der Waals surface area contributed by atoms with Gasteiger partial charge >= 0.3 is 0 Å². The molecular formula is C20H27N3. The summed E-state index contributed by atoms with van der Waals surface area (Å²) in [7, 11) is 0. The van der Waals surface area contributed by atoms with Crippen LogP contribution in [-0.2, 0) is 0 Å². The van der Waals surface area contributed by atoms with Crippen LogP contribution in [-0.4, -0.2) is 36.7 Å². The molecule has 0 aliphatic carbocycles. The van der Waals surface area contributed by atoms with Gasteiger partial charge < -0.3 is 11.1 Å². The van der Waals surface area contributed by atoms with Gasteiger partial charge in [0.2, 0.25) is 0 Å². The fourth-order valence-electron chi connectivity index (χ4n) is 3.65. The molecule has 0 bridgehead atoms. The fourth-order valence-corrected chi connectivity index (χ4v) is 3.65. The first-order valence-electron chi connectivity index (χ1n) is 8.63. The van der Waals surface area contributed by atoms with Gasteiger partial charge in [-0.2, -0.15) is 0 Å². The molecule has 3 heteroatoms. The van der Waals surface area contributed by atoms with Gasteiger partial charge in [-0.05, 0) is 17.5 Å². The number of piperazine rings is 1. The van der Waals surface area contributed by atoms with Crippen LogP contribution >= 0.6 is 0 Å². The third-order valence-corrected chi connectivity index (χ3v) is 4.87. The van der Waals surface area contributed by atoms with Crippen molar-refractivity contribution in [3.8, 4) is 0 Å². The van der Waals surface area contributed by atoms with E-state index < -0.39 is 0 Å². The Balaban J connectivity index is 2.00. The second-order valence-electron chi connectivity index (χ2n) is 6.28. The molecule has 3 rings (SSSR count). The molecule has 1 fully saturated rings. The minimum atomic E-state index is 0.122. The van der Waals surface area contributed by atoms with Crippen LogP contribution in [0.2, 0.25) is 0 Å². The first-order valence-corrected chi connectivity index (χ1v) is 8.63. The van der Waals surface area contributed by atoms with Crippen LogP contribution in [0.5, 0.6) is 0 Å². The number of nitrogens with one attached hydrogen (secondary N) is 1. The van der Waals surface area contributed by atoms with Crippen LogP contribution in [0.1, 0.15) is 30.4 Å². The quantitative estimate of drug-likeness (QED) is 0.892. The van der Waals surface area contributed by atoms with Crippen molar-refractivity contribution in [1.82, 2.24) is 10.2 Å². The molecule has 1 heterocycles. The van der Waals surface area contributed by atoms with Gasteiger partial charge in [0.15, 0.2) is 0 Å². The number of hydrogen-bond acceptors (Lipinski definition) is 3. The number of benzene rings is 2. The molecule has 0 spiro atoms. The Morgan fingerprint density at radius 3 is 2.13 bits per heavy atom. The van der Waals surface area contributed by atoms with Crippen molar-refractivity contribution in [2.75, 3.05) is 19.6 Å². The van der Waals surface area contributed by atoms with Crippen LogP contribution in [0, 0.1) is 0 Å². The van der Waals surface area contributed by atoms with Crippen LogP contribution in [0.3, 0.4) is 0 Å². The number of nitrogens with two attached hydrogens (primary N) is 1. The Hall–Kier alpha value is -1.68. The van der Waals surface area contributed by atoms with Gasteiger partial charge in [0.25, 0.3) is 0 Å². The van der Waals surface area contributed by atoms with E-state index in [1.165, 1.54) is 11.1 Å². The minimum Gasteiger partial charge on any atom is -0.316 e. The molecule has 0 radical (unpaired) electrons. The van der Waals surface area contributed by atoms with Gasteiger partial charge in [0, 0.05) is 31.6 Å². The molecule has 1 aliphatic heterocycles. The molecule has 1 aliphatic rings. The Morgan fingerprint density at radius 2 is 1.61 bits per heavy atom. The summed E-state index contributed by atoms with van der Waals surface area (Å²) >= 11 is 0. The summed E-state index contributed by atoms with van der Waals surface area (Å²) in [5, 5.41) is 3.57. The lowest BCUT2D eigenvalue weighted by Crippen LogP contribution is -2.59. The van der Waals surface area contributed by atoms with E-state index in [2.05, 4.69) is 77.8 Å². The second-order valence-corrected chi connectivity index (χ2v) is 6.28. The zero-order chi connectivity index (χ0) is 16.1. The molecule has 2 atom stereocenters. The fraction of sp³-hybridized carbons (Fsp3) is 0.400. The lowest BCUT2D eigenvalue weighted by molar-refractivity contribution is 0.0952. The SMILES string of the molecule is CCC(N)N1CCNCC1C(c1ccccc1)c1ccccc1. The van der Waals surface area contributed by atoms with Crippen molar-refractivity contribution < 1.29 is 0 Å².